The highest BCUT2D eigenvalue weighted by atomic mass is 16.5. The molecule has 0 spiro atoms. The number of furan rings is 1. The lowest BCUT2D eigenvalue weighted by Crippen LogP contribution is -2.36. The minimum atomic E-state index is 0.629. The van der Waals surface area contributed by atoms with Crippen LogP contribution in [-0.2, 0) is 24.6 Å². The third-order valence-corrected chi connectivity index (χ3v) is 5.51. The van der Waals surface area contributed by atoms with Crippen LogP contribution in [0.15, 0.2) is 22.8 Å². The summed E-state index contributed by atoms with van der Waals surface area (Å²) in [7, 11) is 2.07. The zero-order chi connectivity index (χ0) is 16.4. The monoisotopic (exact) mass is 330 g/mol. The second kappa shape index (κ2) is 6.97. The van der Waals surface area contributed by atoms with Crippen LogP contribution in [-0.4, -0.2) is 41.1 Å². The maximum absolute atomic E-state index is 5.85. The van der Waals surface area contributed by atoms with Gasteiger partial charge in [0, 0.05) is 38.9 Å². The molecule has 0 bridgehead atoms. The van der Waals surface area contributed by atoms with E-state index < -0.39 is 0 Å². The van der Waals surface area contributed by atoms with Crippen LogP contribution < -0.4 is 4.90 Å². The number of aromatic nitrogens is 3. The lowest BCUT2D eigenvalue weighted by Gasteiger charge is -2.35. The van der Waals surface area contributed by atoms with Crippen LogP contribution >= 0.6 is 0 Å². The number of ether oxygens (including phenoxy) is 1. The molecule has 4 rings (SSSR count). The molecule has 1 saturated carbocycles. The van der Waals surface area contributed by atoms with E-state index in [1.165, 1.54) is 19.3 Å². The van der Waals surface area contributed by atoms with Crippen molar-refractivity contribution in [2.45, 2.75) is 32.1 Å². The van der Waals surface area contributed by atoms with Crippen molar-refractivity contribution >= 4 is 5.95 Å². The summed E-state index contributed by atoms with van der Waals surface area (Å²) in [6.07, 6.45) is 7.50. The molecule has 0 aromatic carbocycles. The molecule has 6 heteroatoms. The molecular weight excluding hydrogens is 304 g/mol. The number of rotatable bonds is 5. The molecule has 2 fully saturated rings. The average Bonchev–Trinajstić information content (AvgIpc) is 3.10. The van der Waals surface area contributed by atoms with Gasteiger partial charge in [-0.2, -0.15) is 0 Å². The molecule has 1 unspecified atom stereocenters. The summed E-state index contributed by atoms with van der Waals surface area (Å²) in [5, 5.41) is 8.89. The first kappa shape index (κ1) is 15.7. The Morgan fingerprint density at radius 1 is 1.21 bits per heavy atom. The molecule has 1 aliphatic carbocycles. The van der Waals surface area contributed by atoms with Gasteiger partial charge in [0.2, 0.25) is 5.95 Å². The first-order chi connectivity index (χ1) is 11.8. The highest BCUT2D eigenvalue weighted by Gasteiger charge is 2.31. The van der Waals surface area contributed by atoms with Gasteiger partial charge in [-0.05, 0) is 18.1 Å². The summed E-state index contributed by atoms with van der Waals surface area (Å²) in [5.41, 5.74) is 0. The van der Waals surface area contributed by atoms with Gasteiger partial charge in [-0.3, -0.25) is 0 Å². The number of hydrogen-bond acceptors (Lipinski definition) is 5. The molecule has 0 amide bonds. The molecule has 1 aliphatic heterocycles. The topological polar surface area (TPSA) is 56.3 Å². The summed E-state index contributed by atoms with van der Waals surface area (Å²) in [5.74, 6) is 4.43. The third kappa shape index (κ3) is 3.20. The molecule has 0 radical (unpaired) electrons. The minimum absolute atomic E-state index is 0.629. The second-order valence-electron chi connectivity index (χ2n) is 7.03. The molecule has 6 nitrogen and oxygen atoms in total. The number of anilines is 1. The van der Waals surface area contributed by atoms with E-state index in [4.69, 9.17) is 9.15 Å². The van der Waals surface area contributed by atoms with E-state index in [1.54, 1.807) is 6.26 Å². The lowest BCUT2D eigenvalue weighted by molar-refractivity contribution is 0.0784. The summed E-state index contributed by atoms with van der Waals surface area (Å²) >= 11 is 0. The Morgan fingerprint density at radius 2 is 2.12 bits per heavy atom. The maximum Gasteiger partial charge on any atom is 0.227 e. The van der Waals surface area contributed by atoms with Crippen LogP contribution in [0.3, 0.4) is 0 Å². The summed E-state index contributed by atoms with van der Waals surface area (Å²) < 4.78 is 13.4. The summed E-state index contributed by atoms with van der Waals surface area (Å²) in [6.45, 7) is 3.60. The zero-order valence-corrected chi connectivity index (χ0v) is 14.4. The zero-order valence-electron chi connectivity index (χ0n) is 14.4. The highest BCUT2D eigenvalue weighted by Crippen LogP contribution is 2.35. The van der Waals surface area contributed by atoms with Crippen LogP contribution in [0.2, 0.25) is 0 Å². The van der Waals surface area contributed by atoms with Crippen molar-refractivity contribution in [1.82, 2.24) is 14.8 Å². The molecule has 24 heavy (non-hydrogen) atoms. The van der Waals surface area contributed by atoms with Crippen LogP contribution in [0, 0.1) is 11.8 Å². The van der Waals surface area contributed by atoms with Crippen LogP contribution in [0.5, 0.6) is 0 Å². The van der Waals surface area contributed by atoms with Gasteiger partial charge in [-0.25, -0.2) is 0 Å². The van der Waals surface area contributed by atoms with Crippen molar-refractivity contribution in [2.75, 3.05) is 31.2 Å². The fraction of sp³-hybridized carbons (Fsp3) is 0.667. The van der Waals surface area contributed by atoms with Gasteiger partial charge in [0.1, 0.15) is 11.6 Å². The smallest absolute Gasteiger partial charge is 0.227 e. The van der Waals surface area contributed by atoms with Crippen molar-refractivity contribution in [3.05, 3.63) is 30.0 Å². The van der Waals surface area contributed by atoms with E-state index in [-0.39, 0.29) is 0 Å². The number of hydrogen-bond donors (Lipinski definition) is 0. The molecule has 2 aromatic rings. The third-order valence-electron chi connectivity index (χ3n) is 5.51. The largest absolute Gasteiger partial charge is 0.469 e. The van der Waals surface area contributed by atoms with E-state index in [0.29, 0.717) is 5.92 Å². The molecule has 3 heterocycles. The van der Waals surface area contributed by atoms with E-state index in [9.17, 15) is 0 Å². The van der Waals surface area contributed by atoms with Crippen molar-refractivity contribution < 1.29 is 9.15 Å². The Bertz CT molecular complexity index is 648. The Morgan fingerprint density at radius 3 is 2.88 bits per heavy atom. The van der Waals surface area contributed by atoms with Crippen molar-refractivity contribution in [3.63, 3.8) is 0 Å². The molecule has 1 saturated heterocycles. The van der Waals surface area contributed by atoms with E-state index in [0.717, 1.165) is 62.6 Å². The number of nitrogens with zero attached hydrogens (tertiary/aromatic N) is 4. The van der Waals surface area contributed by atoms with Crippen molar-refractivity contribution in [1.29, 1.82) is 0 Å². The Kier molecular flexibility index (Phi) is 4.56. The maximum atomic E-state index is 5.85. The SMILES string of the molecule is Cn1c(CCc2ccco2)nnc1N1CCOCC(C2CCC2)C1. The summed E-state index contributed by atoms with van der Waals surface area (Å²) in [6, 6.07) is 3.93. The van der Waals surface area contributed by atoms with Gasteiger partial charge in [-0.1, -0.05) is 19.3 Å². The van der Waals surface area contributed by atoms with Crippen molar-refractivity contribution in [3.8, 4) is 0 Å². The first-order valence-corrected chi connectivity index (χ1v) is 9.04. The Hall–Kier alpha value is -1.82. The standard InChI is InChI=1S/C18H26N4O2/c1-21-17(8-7-16-6-3-10-24-16)19-20-18(21)22-9-11-23-13-15(12-22)14-4-2-5-14/h3,6,10,14-15H,2,4-5,7-9,11-13H2,1H3. The van der Waals surface area contributed by atoms with Crippen LogP contribution in [0.1, 0.15) is 30.8 Å². The Labute approximate surface area is 142 Å². The Balaban J connectivity index is 1.44. The van der Waals surface area contributed by atoms with Gasteiger partial charge in [0.25, 0.3) is 0 Å². The van der Waals surface area contributed by atoms with Crippen molar-refractivity contribution in [2.24, 2.45) is 18.9 Å². The molecule has 0 N–H and O–H groups in total. The quantitative estimate of drug-likeness (QED) is 0.843. The highest BCUT2D eigenvalue weighted by molar-refractivity contribution is 5.31. The molecule has 130 valence electrons. The lowest BCUT2D eigenvalue weighted by atomic mass is 9.76. The van der Waals surface area contributed by atoms with Crippen LogP contribution in [0.25, 0.3) is 0 Å². The fourth-order valence-corrected chi connectivity index (χ4v) is 3.75. The minimum Gasteiger partial charge on any atom is -0.469 e. The molecular formula is C18H26N4O2. The average molecular weight is 330 g/mol. The van der Waals surface area contributed by atoms with Gasteiger partial charge in [-0.15, -0.1) is 10.2 Å². The predicted molar refractivity (Wildman–Crippen MR) is 91.0 cm³/mol. The summed E-state index contributed by atoms with van der Waals surface area (Å²) in [4.78, 5) is 2.36. The molecule has 1 atom stereocenters. The normalized spacial score (nSPS) is 22.4. The van der Waals surface area contributed by atoms with E-state index in [2.05, 4.69) is 26.7 Å². The van der Waals surface area contributed by atoms with E-state index in [1.807, 2.05) is 12.1 Å². The number of aryl methyl sites for hydroxylation is 2. The van der Waals surface area contributed by atoms with Gasteiger partial charge in [0.05, 0.1) is 19.5 Å². The molecule has 2 aromatic heterocycles. The van der Waals surface area contributed by atoms with Crippen LogP contribution in [0.4, 0.5) is 5.95 Å². The van der Waals surface area contributed by atoms with Gasteiger partial charge in [0.15, 0.2) is 0 Å². The first-order valence-electron chi connectivity index (χ1n) is 9.04. The van der Waals surface area contributed by atoms with Gasteiger partial charge >= 0.3 is 0 Å². The van der Waals surface area contributed by atoms with Gasteiger partial charge < -0.3 is 18.6 Å². The van der Waals surface area contributed by atoms with E-state index >= 15 is 0 Å². The fourth-order valence-electron chi connectivity index (χ4n) is 3.75. The molecule has 2 aliphatic rings. The second-order valence-corrected chi connectivity index (χ2v) is 7.03. The predicted octanol–water partition coefficient (Wildman–Crippen LogP) is 2.45.